The Morgan fingerprint density at radius 2 is 1.91 bits per heavy atom. The molecule has 4 rings (SSSR count). The van der Waals surface area contributed by atoms with Crippen molar-refractivity contribution in [3.05, 3.63) is 85.1 Å². The highest BCUT2D eigenvalue weighted by molar-refractivity contribution is 7.99. The van der Waals surface area contributed by atoms with Crippen LogP contribution in [0.3, 0.4) is 0 Å². The number of nitrogens with zero attached hydrogens (tertiary/aromatic N) is 4. The Morgan fingerprint density at radius 1 is 1.03 bits per heavy atom. The van der Waals surface area contributed by atoms with Gasteiger partial charge in [-0.3, -0.25) is 0 Å². The second kappa shape index (κ2) is 10.4. The van der Waals surface area contributed by atoms with Gasteiger partial charge in [-0.2, -0.15) is 0 Å². The molecular formula is C25H20N4O2S. The molecular weight excluding hydrogens is 420 g/mol. The maximum absolute atomic E-state index is 5.83. The third-order valence-corrected chi connectivity index (χ3v) is 5.20. The molecule has 0 saturated heterocycles. The molecule has 7 heteroatoms. The van der Waals surface area contributed by atoms with E-state index in [1.165, 1.54) is 11.8 Å². The van der Waals surface area contributed by atoms with Crippen LogP contribution in [-0.4, -0.2) is 26.1 Å². The van der Waals surface area contributed by atoms with Crippen molar-refractivity contribution in [1.82, 2.24) is 20.4 Å². The molecule has 6 nitrogen and oxygen atoms in total. The van der Waals surface area contributed by atoms with E-state index >= 15 is 0 Å². The summed E-state index contributed by atoms with van der Waals surface area (Å²) in [5.41, 5.74) is 1.76. The molecule has 0 saturated carbocycles. The van der Waals surface area contributed by atoms with Crippen LogP contribution < -0.4 is 0 Å². The van der Waals surface area contributed by atoms with Crippen LogP contribution in [0, 0.1) is 11.8 Å². The molecule has 0 aliphatic heterocycles. The molecule has 0 amide bonds. The van der Waals surface area contributed by atoms with Gasteiger partial charge in [-0.15, -0.1) is 20.4 Å². The Balaban J connectivity index is 1.34. The minimum absolute atomic E-state index is 0.376. The van der Waals surface area contributed by atoms with Crippen LogP contribution >= 0.6 is 11.8 Å². The van der Waals surface area contributed by atoms with Crippen LogP contribution in [-0.2, 0) is 6.42 Å². The van der Waals surface area contributed by atoms with Crippen LogP contribution in [0.4, 0.5) is 0 Å². The zero-order chi connectivity index (χ0) is 22.2. The molecule has 0 spiro atoms. The maximum Gasteiger partial charge on any atom is 0.277 e. The van der Waals surface area contributed by atoms with Crippen molar-refractivity contribution in [2.24, 2.45) is 0 Å². The molecule has 0 N–H and O–H groups in total. The summed E-state index contributed by atoms with van der Waals surface area (Å²) in [6.45, 7) is 5.57. The fourth-order valence-corrected chi connectivity index (χ4v) is 3.51. The fraction of sp³-hybridized carbons (Fsp3) is 0.120. The van der Waals surface area contributed by atoms with Crippen LogP contribution in [0.1, 0.15) is 18.7 Å². The van der Waals surface area contributed by atoms with E-state index in [1.807, 2.05) is 55.5 Å². The molecule has 0 radical (unpaired) electrons. The van der Waals surface area contributed by atoms with Gasteiger partial charge in [0.1, 0.15) is 0 Å². The Bertz CT molecular complexity index is 1350. The van der Waals surface area contributed by atoms with Gasteiger partial charge >= 0.3 is 0 Å². The quantitative estimate of drug-likeness (QED) is 0.205. The first-order valence-electron chi connectivity index (χ1n) is 9.97. The standard InChI is InChI=1S/C25H20N4O2S/c1-3-5-11-18(4-2)23-27-26-22(30-23)16-8-9-17-32-25-29-28-24(31-25)21-15-10-13-19-12-6-7-14-20(19)21/h3-7,10-15H,1,16-17H2,2H3/b11-5-,18-4+. The van der Waals surface area contributed by atoms with E-state index in [0.717, 1.165) is 21.9 Å². The van der Waals surface area contributed by atoms with Crippen molar-refractivity contribution >= 4 is 28.1 Å². The summed E-state index contributed by atoms with van der Waals surface area (Å²) in [5.74, 6) is 8.05. The number of fused-ring (bicyclic) bond motifs is 1. The van der Waals surface area contributed by atoms with Crippen molar-refractivity contribution in [3.8, 4) is 23.3 Å². The van der Waals surface area contributed by atoms with Crippen LogP contribution in [0.5, 0.6) is 0 Å². The van der Waals surface area contributed by atoms with Gasteiger partial charge < -0.3 is 8.83 Å². The number of allylic oxidation sites excluding steroid dienone is 5. The molecule has 2 aromatic heterocycles. The summed E-state index contributed by atoms with van der Waals surface area (Å²) >= 11 is 1.39. The van der Waals surface area contributed by atoms with Crippen LogP contribution in [0.2, 0.25) is 0 Å². The third-order valence-electron chi connectivity index (χ3n) is 4.50. The summed E-state index contributed by atoms with van der Waals surface area (Å²) in [6, 6.07) is 14.1. The average Bonchev–Trinajstić information content (AvgIpc) is 3.49. The largest absolute Gasteiger partial charge is 0.420 e. The molecule has 0 aliphatic rings. The second-order valence-corrected chi connectivity index (χ2v) is 7.49. The Morgan fingerprint density at radius 3 is 2.78 bits per heavy atom. The Hall–Kier alpha value is -3.89. The summed E-state index contributed by atoms with van der Waals surface area (Å²) in [6.07, 6.45) is 7.65. The van der Waals surface area contributed by atoms with Gasteiger partial charge in [0, 0.05) is 11.1 Å². The molecule has 0 fully saturated rings. The highest BCUT2D eigenvalue weighted by Crippen LogP contribution is 2.29. The smallest absolute Gasteiger partial charge is 0.277 e. The van der Waals surface area contributed by atoms with E-state index in [1.54, 1.807) is 6.08 Å². The van der Waals surface area contributed by atoms with E-state index in [9.17, 15) is 0 Å². The molecule has 0 bridgehead atoms. The van der Waals surface area contributed by atoms with Crippen molar-refractivity contribution in [1.29, 1.82) is 0 Å². The highest BCUT2D eigenvalue weighted by Gasteiger charge is 2.11. The lowest BCUT2D eigenvalue weighted by atomic mass is 10.0. The number of thioether (sulfide) groups is 1. The predicted molar refractivity (Wildman–Crippen MR) is 127 cm³/mol. The minimum Gasteiger partial charge on any atom is -0.420 e. The number of rotatable bonds is 7. The zero-order valence-corrected chi connectivity index (χ0v) is 18.3. The molecule has 0 atom stereocenters. The van der Waals surface area contributed by atoms with Gasteiger partial charge in [0.2, 0.25) is 17.7 Å². The van der Waals surface area contributed by atoms with Gasteiger partial charge in [-0.1, -0.05) is 84.8 Å². The lowest BCUT2D eigenvalue weighted by Crippen LogP contribution is -1.81. The molecule has 0 unspecified atom stereocenters. The van der Waals surface area contributed by atoms with Gasteiger partial charge in [0.15, 0.2) is 0 Å². The first-order chi connectivity index (χ1) is 15.8. The SMILES string of the molecule is C=C/C=C\C(=C/C)c1nnc(CC#CCSc2nnc(-c3cccc4ccccc34)o2)o1. The van der Waals surface area contributed by atoms with Crippen molar-refractivity contribution in [2.75, 3.05) is 5.75 Å². The number of hydrogen-bond acceptors (Lipinski definition) is 7. The molecule has 2 aromatic carbocycles. The number of benzene rings is 2. The van der Waals surface area contributed by atoms with Crippen LogP contribution in [0.15, 0.2) is 87.4 Å². The zero-order valence-electron chi connectivity index (χ0n) is 17.5. The summed E-state index contributed by atoms with van der Waals surface area (Å²) < 4.78 is 11.5. The summed E-state index contributed by atoms with van der Waals surface area (Å²) in [5, 5.41) is 19.1. The topological polar surface area (TPSA) is 77.8 Å². The Kier molecular flexibility index (Phi) is 6.95. The highest BCUT2D eigenvalue weighted by atomic mass is 32.2. The predicted octanol–water partition coefficient (Wildman–Crippen LogP) is 5.76. The third kappa shape index (κ3) is 5.05. The lowest BCUT2D eigenvalue weighted by molar-refractivity contribution is 0.466. The Labute approximate surface area is 190 Å². The van der Waals surface area contributed by atoms with Gasteiger partial charge in [-0.05, 0) is 29.8 Å². The number of aromatic nitrogens is 4. The average molecular weight is 441 g/mol. The molecule has 32 heavy (non-hydrogen) atoms. The van der Waals surface area contributed by atoms with Crippen LogP contribution in [0.25, 0.3) is 27.8 Å². The van der Waals surface area contributed by atoms with Crippen molar-refractivity contribution in [3.63, 3.8) is 0 Å². The lowest BCUT2D eigenvalue weighted by Gasteiger charge is -2.01. The first kappa shape index (κ1) is 21.3. The summed E-state index contributed by atoms with van der Waals surface area (Å²) in [4.78, 5) is 0. The number of hydrogen-bond donors (Lipinski definition) is 0. The minimum atomic E-state index is 0.376. The van der Waals surface area contributed by atoms with E-state index in [0.29, 0.717) is 35.1 Å². The molecule has 4 aromatic rings. The second-order valence-electron chi connectivity index (χ2n) is 6.56. The maximum atomic E-state index is 5.83. The fourth-order valence-electron chi connectivity index (χ4n) is 2.98. The van der Waals surface area contributed by atoms with Crippen molar-refractivity contribution in [2.45, 2.75) is 18.6 Å². The molecule has 158 valence electrons. The van der Waals surface area contributed by atoms with Gasteiger partial charge in [0.05, 0.1) is 12.2 Å². The summed E-state index contributed by atoms with van der Waals surface area (Å²) in [7, 11) is 0. The van der Waals surface area contributed by atoms with E-state index in [2.05, 4.69) is 50.9 Å². The first-order valence-corrected chi connectivity index (χ1v) is 11.0. The van der Waals surface area contributed by atoms with Gasteiger partial charge in [0.25, 0.3) is 5.22 Å². The van der Waals surface area contributed by atoms with E-state index in [-0.39, 0.29) is 0 Å². The van der Waals surface area contributed by atoms with E-state index < -0.39 is 0 Å². The monoisotopic (exact) mass is 440 g/mol. The van der Waals surface area contributed by atoms with E-state index in [4.69, 9.17) is 8.83 Å². The molecule has 2 heterocycles. The van der Waals surface area contributed by atoms with Crippen molar-refractivity contribution < 1.29 is 8.83 Å². The molecule has 0 aliphatic carbocycles. The normalized spacial score (nSPS) is 11.6. The van der Waals surface area contributed by atoms with Gasteiger partial charge in [-0.25, -0.2) is 0 Å².